The van der Waals surface area contributed by atoms with Crippen LogP contribution in [0.2, 0.25) is 0 Å². The molecule has 15 heavy (non-hydrogen) atoms. The second kappa shape index (κ2) is 5.46. The van der Waals surface area contributed by atoms with Gasteiger partial charge in [0.05, 0.1) is 24.5 Å². The largest absolute Gasteiger partial charge is 0.460 e. The second-order valence-electron chi connectivity index (χ2n) is 4.21. The number of rotatable bonds is 5. The third-order valence-corrected chi connectivity index (χ3v) is 3.07. The molecule has 0 aliphatic heterocycles. The van der Waals surface area contributed by atoms with Gasteiger partial charge in [0, 0.05) is 0 Å². The molecule has 0 aromatic carbocycles. The Morgan fingerprint density at radius 3 is 2.20 bits per heavy atom. The van der Waals surface area contributed by atoms with E-state index in [9.17, 15) is 13.2 Å². The lowest BCUT2D eigenvalue weighted by molar-refractivity contribution is -0.154. The summed E-state index contributed by atoms with van der Waals surface area (Å²) >= 11 is 0. The molecule has 0 rings (SSSR count). The summed E-state index contributed by atoms with van der Waals surface area (Å²) in [5, 5.41) is 8.46. The maximum absolute atomic E-state index is 11.2. The predicted octanol–water partition coefficient (Wildman–Crippen LogP) is 0.125. The van der Waals surface area contributed by atoms with Crippen molar-refractivity contribution in [3.63, 3.8) is 0 Å². The summed E-state index contributed by atoms with van der Waals surface area (Å²) in [7, 11) is -3.33. The number of hydrogen-bond donors (Lipinski definition) is 1. The van der Waals surface area contributed by atoms with E-state index in [0.717, 1.165) is 0 Å². The van der Waals surface area contributed by atoms with Gasteiger partial charge in [0.15, 0.2) is 9.84 Å². The van der Waals surface area contributed by atoms with Gasteiger partial charge in [-0.15, -0.1) is 0 Å². The van der Waals surface area contributed by atoms with Gasteiger partial charge in [0.1, 0.15) is 5.60 Å². The van der Waals surface area contributed by atoms with Crippen LogP contribution in [0.25, 0.3) is 0 Å². The molecular weight excluding hydrogens is 220 g/mol. The molecule has 0 saturated heterocycles. The van der Waals surface area contributed by atoms with Crippen LogP contribution in [0.15, 0.2) is 0 Å². The van der Waals surface area contributed by atoms with E-state index in [4.69, 9.17) is 9.84 Å². The maximum atomic E-state index is 11.2. The van der Waals surface area contributed by atoms with E-state index in [2.05, 4.69) is 0 Å². The van der Waals surface area contributed by atoms with Gasteiger partial charge in [0.25, 0.3) is 0 Å². The summed E-state index contributed by atoms with van der Waals surface area (Å²) in [6.45, 7) is 4.73. The standard InChI is InChI=1S/C9H18O5S/c1-9(2,3)14-8(11)4-6-15(12,13)7-5-10/h10H,4-7H2,1-3H3. The Kier molecular flexibility index (Phi) is 5.23. The molecule has 0 amide bonds. The zero-order valence-electron chi connectivity index (χ0n) is 9.32. The van der Waals surface area contributed by atoms with E-state index < -0.39 is 28.0 Å². The molecule has 6 heteroatoms. The Morgan fingerprint density at radius 2 is 1.80 bits per heavy atom. The summed E-state index contributed by atoms with van der Waals surface area (Å²) < 4.78 is 27.2. The summed E-state index contributed by atoms with van der Waals surface area (Å²) in [4.78, 5) is 11.2. The zero-order chi connectivity index (χ0) is 12.1. The van der Waals surface area contributed by atoms with Gasteiger partial charge in [0.2, 0.25) is 0 Å². The SMILES string of the molecule is CC(C)(C)OC(=O)CCS(=O)(=O)CCO. The topological polar surface area (TPSA) is 80.7 Å². The van der Waals surface area contributed by atoms with Crippen LogP contribution < -0.4 is 0 Å². The van der Waals surface area contributed by atoms with E-state index >= 15 is 0 Å². The van der Waals surface area contributed by atoms with Gasteiger partial charge < -0.3 is 9.84 Å². The lowest BCUT2D eigenvalue weighted by Crippen LogP contribution is -2.26. The number of carbonyl (C=O) groups is 1. The average molecular weight is 238 g/mol. The summed E-state index contributed by atoms with van der Waals surface area (Å²) in [5.74, 6) is -1.12. The van der Waals surface area contributed by atoms with E-state index in [1.807, 2.05) is 0 Å². The lowest BCUT2D eigenvalue weighted by Gasteiger charge is -2.19. The summed E-state index contributed by atoms with van der Waals surface area (Å²) in [6.07, 6.45) is -0.167. The first-order chi connectivity index (χ1) is 6.66. The molecule has 0 fully saturated rings. The Balaban J connectivity index is 4.02. The van der Waals surface area contributed by atoms with Crippen LogP contribution in [0.1, 0.15) is 27.2 Å². The molecule has 0 atom stereocenters. The number of carbonyl (C=O) groups excluding carboxylic acids is 1. The number of esters is 1. The molecule has 1 N–H and O–H groups in total. The van der Waals surface area contributed by atoms with Crippen LogP contribution in [0.4, 0.5) is 0 Å². The molecule has 0 spiro atoms. The van der Waals surface area contributed by atoms with Crippen LogP contribution in [-0.4, -0.2) is 43.2 Å². The smallest absolute Gasteiger partial charge is 0.307 e. The molecular formula is C9H18O5S. The van der Waals surface area contributed by atoms with Gasteiger partial charge in [-0.25, -0.2) is 8.42 Å². The fourth-order valence-electron chi connectivity index (χ4n) is 0.873. The van der Waals surface area contributed by atoms with Crippen molar-refractivity contribution in [2.45, 2.75) is 32.8 Å². The highest BCUT2D eigenvalue weighted by Crippen LogP contribution is 2.08. The normalized spacial score (nSPS) is 12.5. The quantitative estimate of drug-likeness (QED) is 0.688. The maximum Gasteiger partial charge on any atom is 0.307 e. The molecule has 0 aromatic heterocycles. The van der Waals surface area contributed by atoms with Gasteiger partial charge >= 0.3 is 5.97 Å². The van der Waals surface area contributed by atoms with E-state index in [1.54, 1.807) is 20.8 Å². The molecule has 0 bridgehead atoms. The first-order valence-electron chi connectivity index (χ1n) is 4.69. The fourth-order valence-corrected chi connectivity index (χ4v) is 1.83. The number of aliphatic hydroxyl groups excluding tert-OH is 1. The van der Waals surface area contributed by atoms with Gasteiger partial charge in [-0.1, -0.05) is 0 Å². The van der Waals surface area contributed by atoms with Crippen molar-refractivity contribution < 1.29 is 23.1 Å². The first kappa shape index (κ1) is 14.4. The lowest BCUT2D eigenvalue weighted by atomic mass is 10.2. The molecule has 0 radical (unpaired) electrons. The zero-order valence-corrected chi connectivity index (χ0v) is 10.1. The molecule has 0 heterocycles. The summed E-state index contributed by atoms with van der Waals surface area (Å²) in [5.41, 5.74) is -0.599. The monoisotopic (exact) mass is 238 g/mol. The summed E-state index contributed by atoms with van der Waals surface area (Å²) in [6, 6.07) is 0. The second-order valence-corrected chi connectivity index (χ2v) is 6.52. The van der Waals surface area contributed by atoms with E-state index in [-0.39, 0.29) is 17.9 Å². The van der Waals surface area contributed by atoms with Crippen LogP contribution >= 0.6 is 0 Å². The minimum absolute atomic E-state index is 0.167. The fraction of sp³-hybridized carbons (Fsp3) is 0.889. The Labute approximate surface area is 90.4 Å². The Bertz CT molecular complexity index is 299. The molecule has 0 unspecified atom stereocenters. The highest BCUT2D eigenvalue weighted by Gasteiger charge is 2.19. The molecule has 5 nitrogen and oxygen atoms in total. The highest BCUT2D eigenvalue weighted by molar-refractivity contribution is 7.91. The van der Waals surface area contributed by atoms with Crippen LogP contribution in [0, 0.1) is 0 Å². The molecule has 0 saturated carbocycles. The molecule has 0 aromatic rings. The van der Waals surface area contributed by atoms with Gasteiger partial charge in [-0.05, 0) is 20.8 Å². The Morgan fingerprint density at radius 1 is 1.27 bits per heavy atom. The first-order valence-corrected chi connectivity index (χ1v) is 6.51. The van der Waals surface area contributed by atoms with Crippen LogP contribution in [-0.2, 0) is 19.4 Å². The predicted molar refractivity (Wildman–Crippen MR) is 56.2 cm³/mol. The van der Waals surface area contributed by atoms with Crippen molar-refractivity contribution in [3.05, 3.63) is 0 Å². The Hall–Kier alpha value is -0.620. The third-order valence-electron chi connectivity index (χ3n) is 1.44. The number of aliphatic hydroxyl groups is 1. The van der Waals surface area contributed by atoms with Gasteiger partial charge in [-0.2, -0.15) is 0 Å². The minimum atomic E-state index is -3.33. The molecule has 0 aliphatic carbocycles. The number of sulfone groups is 1. The van der Waals surface area contributed by atoms with Crippen molar-refractivity contribution in [1.82, 2.24) is 0 Å². The minimum Gasteiger partial charge on any atom is -0.460 e. The number of ether oxygens (including phenoxy) is 1. The van der Waals surface area contributed by atoms with Crippen molar-refractivity contribution in [1.29, 1.82) is 0 Å². The third kappa shape index (κ3) is 8.38. The van der Waals surface area contributed by atoms with Crippen LogP contribution in [0.3, 0.4) is 0 Å². The molecule has 0 aliphatic rings. The van der Waals surface area contributed by atoms with Crippen molar-refractivity contribution in [2.75, 3.05) is 18.1 Å². The van der Waals surface area contributed by atoms with E-state index in [1.165, 1.54) is 0 Å². The van der Waals surface area contributed by atoms with E-state index in [0.29, 0.717) is 0 Å². The average Bonchev–Trinajstić information content (AvgIpc) is 1.98. The highest BCUT2D eigenvalue weighted by atomic mass is 32.2. The van der Waals surface area contributed by atoms with Crippen molar-refractivity contribution in [3.8, 4) is 0 Å². The van der Waals surface area contributed by atoms with Crippen molar-refractivity contribution in [2.24, 2.45) is 0 Å². The van der Waals surface area contributed by atoms with Crippen LogP contribution in [0.5, 0.6) is 0 Å². The van der Waals surface area contributed by atoms with Gasteiger partial charge in [-0.3, -0.25) is 4.79 Å². The number of hydrogen-bond acceptors (Lipinski definition) is 5. The van der Waals surface area contributed by atoms with Crippen molar-refractivity contribution >= 4 is 15.8 Å². The molecule has 90 valence electrons.